The predicted molar refractivity (Wildman–Crippen MR) is 63.8 cm³/mol. The van der Waals surface area contributed by atoms with Gasteiger partial charge >= 0.3 is 5.97 Å². The van der Waals surface area contributed by atoms with Gasteiger partial charge in [-0.1, -0.05) is 35.9 Å². The average molecular weight is 248 g/mol. The van der Waals surface area contributed by atoms with Crippen molar-refractivity contribution < 1.29 is 14.6 Å². The third-order valence-corrected chi connectivity index (χ3v) is 2.41. The molecule has 1 N–H and O–H groups in total. The Hall–Kier alpha value is -2.00. The minimum Gasteiger partial charge on any atom is -0.478 e. The maximum atomic E-state index is 11.0. The Labute approximate surface area is 103 Å². The van der Waals surface area contributed by atoms with Gasteiger partial charge in [-0.05, 0) is 18.2 Å². The topological polar surface area (TPSA) is 46.5 Å². The van der Waals surface area contributed by atoms with Crippen molar-refractivity contribution >= 4 is 17.6 Å². The summed E-state index contributed by atoms with van der Waals surface area (Å²) in [4.78, 5) is 11.0. The second-order valence-corrected chi connectivity index (χ2v) is 3.66. The first-order valence-electron chi connectivity index (χ1n) is 4.85. The summed E-state index contributed by atoms with van der Waals surface area (Å²) in [5, 5.41) is 9.40. The minimum absolute atomic E-state index is 0.0485. The molecular weight excluding hydrogens is 240 g/mol. The van der Waals surface area contributed by atoms with Crippen molar-refractivity contribution in [1.29, 1.82) is 0 Å². The number of hydrogen-bond donors (Lipinski definition) is 1. The number of halogens is 1. The molecule has 0 saturated carbocycles. The molecule has 0 aliphatic carbocycles. The molecule has 0 amide bonds. The monoisotopic (exact) mass is 247 g/mol. The average Bonchev–Trinajstić information content (AvgIpc) is 2.32. The molecule has 1 radical (unpaired) electrons. The van der Waals surface area contributed by atoms with Crippen molar-refractivity contribution in [3.05, 3.63) is 59.1 Å². The Balaban J connectivity index is 2.37. The van der Waals surface area contributed by atoms with E-state index in [1.165, 1.54) is 6.07 Å². The molecule has 2 rings (SSSR count). The lowest BCUT2D eigenvalue weighted by molar-refractivity contribution is 0.0694. The Morgan fingerprint density at radius 2 is 2.00 bits per heavy atom. The van der Waals surface area contributed by atoms with Gasteiger partial charge in [-0.2, -0.15) is 0 Å². The highest BCUT2D eigenvalue weighted by molar-refractivity contribution is 6.32. The zero-order valence-electron chi connectivity index (χ0n) is 8.68. The standard InChI is InChI=1S/C13H8ClO3/c14-10-6-2-4-8-12(10)17-11-7-3-1-5-9(11)13(15)16/h1-6,8H,(H,15,16). The van der Waals surface area contributed by atoms with Crippen molar-refractivity contribution in [2.75, 3.05) is 0 Å². The van der Waals surface area contributed by atoms with Crippen molar-refractivity contribution in [1.82, 2.24) is 0 Å². The van der Waals surface area contributed by atoms with E-state index in [0.717, 1.165) is 0 Å². The molecule has 0 saturated heterocycles. The summed E-state index contributed by atoms with van der Waals surface area (Å²) in [6, 6.07) is 14.2. The SMILES string of the molecule is O=C(O)c1ccc[c]c1Oc1ccccc1Cl. The Morgan fingerprint density at radius 1 is 1.24 bits per heavy atom. The van der Waals surface area contributed by atoms with Crippen LogP contribution in [0.1, 0.15) is 10.4 Å². The van der Waals surface area contributed by atoms with Gasteiger partial charge in [0.2, 0.25) is 0 Å². The summed E-state index contributed by atoms with van der Waals surface area (Å²) >= 11 is 5.92. The second kappa shape index (κ2) is 4.89. The van der Waals surface area contributed by atoms with E-state index >= 15 is 0 Å². The van der Waals surface area contributed by atoms with Crippen LogP contribution in [0.3, 0.4) is 0 Å². The fourth-order valence-electron chi connectivity index (χ4n) is 1.31. The van der Waals surface area contributed by atoms with Crippen molar-refractivity contribution in [3.8, 4) is 11.5 Å². The van der Waals surface area contributed by atoms with Gasteiger partial charge in [-0.25, -0.2) is 4.79 Å². The summed E-state index contributed by atoms with van der Waals surface area (Å²) in [7, 11) is 0. The quantitative estimate of drug-likeness (QED) is 0.901. The van der Waals surface area contributed by atoms with E-state index in [1.807, 2.05) is 0 Å². The second-order valence-electron chi connectivity index (χ2n) is 3.25. The van der Waals surface area contributed by atoms with Crippen LogP contribution >= 0.6 is 11.6 Å². The molecule has 0 unspecified atom stereocenters. The zero-order valence-corrected chi connectivity index (χ0v) is 9.44. The molecule has 0 fully saturated rings. The third kappa shape index (κ3) is 2.57. The van der Waals surface area contributed by atoms with Gasteiger partial charge in [0.25, 0.3) is 0 Å². The highest BCUT2D eigenvalue weighted by Gasteiger charge is 2.12. The maximum Gasteiger partial charge on any atom is 0.339 e. The molecule has 3 nitrogen and oxygen atoms in total. The van der Waals surface area contributed by atoms with Gasteiger partial charge in [-0.3, -0.25) is 0 Å². The van der Waals surface area contributed by atoms with Gasteiger partial charge in [0.1, 0.15) is 17.1 Å². The lowest BCUT2D eigenvalue weighted by Gasteiger charge is -2.08. The van der Waals surface area contributed by atoms with Gasteiger partial charge < -0.3 is 9.84 Å². The molecule has 2 aromatic rings. The highest BCUT2D eigenvalue weighted by atomic mass is 35.5. The fraction of sp³-hybridized carbons (Fsp3) is 0. The van der Waals surface area contributed by atoms with Crippen LogP contribution in [0.5, 0.6) is 11.5 Å². The van der Waals surface area contributed by atoms with Crippen LogP contribution < -0.4 is 4.74 Å². The number of carboxylic acids is 1. The van der Waals surface area contributed by atoms with E-state index in [4.69, 9.17) is 21.4 Å². The molecule has 0 atom stereocenters. The molecule has 4 heteroatoms. The van der Waals surface area contributed by atoms with Crippen molar-refractivity contribution in [3.63, 3.8) is 0 Å². The Bertz CT molecular complexity index is 552. The van der Waals surface area contributed by atoms with Gasteiger partial charge in [0, 0.05) is 6.07 Å². The van der Waals surface area contributed by atoms with E-state index in [2.05, 4.69) is 6.07 Å². The number of hydrogen-bond acceptors (Lipinski definition) is 2. The fourth-order valence-corrected chi connectivity index (χ4v) is 1.49. The smallest absolute Gasteiger partial charge is 0.339 e. The van der Waals surface area contributed by atoms with Crippen LogP contribution in [0, 0.1) is 6.07 Å². The number of carbonyl (C=O) groups is 1. The summed E-state index contributed by atoms with van der Waals surface area (Å²) in [6.07, 6.45) is 0. The molecule has 0 aromatic heterocycles. The summed E-state index contributed by atoms with van der Waals surface area (Å²) < 4.78 is 5.43. The Kier molecular flexibility index (Phi) is 3.30. The molecule has 0 aliphatic heterocycles. The molecule has 0 bridgehead atoms. The third-order valence-electron chi connectivity index (χ3n) is 2.10. The van der Waals surface area contributed by atoms with Crippen molar-refractivity contribution in [2.24, 2.45) is 0 Å². The van der Waals surface area contributed by atoms with Crippen LogP contribution in [0.15, 0.2) is 42.5 Å². The van der Waals surface area contributed by atoms with Crippen LogP contribution in [-0.2, 0) is 0 Å². The molecule has 17 heavy (non-hydrogen) atoms. The molecule has 0 spiro atoms. The summed E-state index contributed by atoms with van der Waals surface area (Å²) in [5.41, 5.74) is 0.0485. The maximum absolute atomic E-state index is 11.0. The largest absolute Gasteiger partial charge is 0.478 e. The first-order valence-corrected chi connectivity index (χ1v) is 5.22. The van der Waals surface area contributed by atoms with Gasteiger partial charge in [0.05, 0.1) is 5.02 Å². The lowest BCUT2D eigenvalue weighted by atomic mass is 10.2. The first-order chi connectivity index (χ1) is 8.18. The molecule has 0 aliphatic rings. The number of aromatic carboxylic acids is 1. The molecule has 85 valence electrons. The van der Waals surface area contributed by atoms with Crippen LogP contribution in [-0.4, -0.2) is 11.1 Å². The first kappa shape index (κ1) is 11.5. The van der Waals surface area contributed by atoms with Crippen LogP contribution in [0.25, 0.3) is 0 Å². The normalized spacial score (nSPS) is 9.94. The van der Waals surface area contributed by atoms with E-state index in [-0.39, 0.29) is 11.3 Å². The molecular formula is C13H8ClO3. The number of para-hydroxylation sites is 2. The van der Waals surface area contributed by atoms with Crippen molar-refractivity contribution in [2.45, 2.75) is 0 Å². The summed E-state index contributed by atoms with van der Waals surface area (Å²) in [5.74, 6) is -0.517. The van der Waals surface area contributed by atoms with E-state index in [0.29, 0.717) is 10.8 Å². The molecule has 2 aromatic carbocycles. The van der Waals surface area contributed by atoms with Crippen LogP contribution in [0.2, 0.25) is 5.02 Å². The number of rotatable bonds is 3. The van der Waals surface area contributed by atoms with Crippen LogP contribution in [0.4, 0.5) is 0 Å². The zero-order chi connectivity index (χ0) is 12.3. The minimum atomic E-state index is -1.07. The van der Waals surface area contributed by atoms with Gasteiger partial charge in [-0.15, -0.1) is 0 Å². The lowest BCUT2D eigenvalue weighted by Crippen LogP contribution is -1.99. The number of ether oxygens (including phenoxy) is 1. The Morgan fingerprint density at radius 3 is 2.71 bits per heavy atom. The van der Waals surface area contributed by atoms with Gasteiger partial charge in [0.15, 0.2) is 0 Å². The number of carboxylic acid groups (broad SMARTS) is 1. The number of benzene rings is 2. The van der Waals surface area contributed by atoms with E-state index < -0.39 is 5.97 Å². The van der Waals surface area contributed by atoms with E-state index in [9.17, 15) is 4.79 Å². The molecule has 0 heterocycles. The highest BCUT2D eigenvalue weighted by Crippen LogP contribution is 2.30. The van der Waals surface area contributed by atoms with E-state index in [1.54, 1.807) is 36.4 Å². The predicted octanol–water partition coefficient (Wildman–Crippen LogP) is 3.63. The summed E-state index contributed by atoms with van der Waals surface area (Å²) in [6.45, 7) is 0.